The number of alkyl halides is 1. The van der Waals surface area contributed by atoms with Crippen molar-refractivity contribution in [1.82, 2.24) is 0 Å². The fourth-order valence-corrected chi connectivity index (χ4v) is 4.49. The first-order valence-corrected chi connectivity index (χ1v) is 14.7. The lowest BCUT2D eigenvalue weighted by Gasteiger charge is -2.07. The highest BCUT2D eigenvalue weighted by molar-refractivity contribution is 9.09. The van der Waals surface area contributed by atoms with Crippen LogP contribution in [0.2, 0.25) is 0 Å². The zero-order chi connectivity index (χ0) is 25.0. The fourth-order valence-electron chi connectivity index (χ4n) is 4.09. The Kier molecular flexibility index (Phi) is 16.3. The second-order valence-electron chi connectivity index (χ2n) is 9.27. The Morgan fingerprint density at radius 3 is 1.97 bits per heavy atom. The van der Waals surface area contributed by atoms with Crippen molar-refractivity contribution >= 4 is 32.9 Å². The zero-order valence-electron chi connectivity index (χ0n) is 21.2. The molecule has 6 heteroatoms. The molecule has 1 aromatic carbocycles. The van der Waals surface area contributed by atoms with Crippen LogP contribution in [0.15, 0.2) is 39.5 Å². The summed E-state index contributed by atoms with van der Waals surface area (Å²) in [6.07, 6.45) is 18.2. The standard InChI is InChI=1S/C29H43BrO5/c30-21-13-9-5-3-4-8-12-16-28(31)34-23-15-11-7-2-1-6-10-14-22-33-26-19-17-25-18-20-29(32)35-27(25)24-26/h17-20,24H,1-16,21-23H2. The van der Waals surface area contributed by atoms with E-state index < -0.39 is 0 Å². The molecule has 0 unspecified atom stereocenters. The predicted molar refractivity (Wildman–Crippen MR) is 147 cm³/mol. The maximum Gasteiger partial charge on any atom is 0.336 e. The van der Waals surface area contributed by atoms with Crippen molar-refractivity contribution in [3.05, 3.63) is 40.8 Å². The molecule has 0 saturated heterocycles. The highest BCUT2D eigenvalue weighted by Gasteiger charge is 2.03. The smallest absolute Gasteiger partial charge is 0.336 e. The third-order valence-corrected chi connectivity index (χ3v) is 6.74. The lowest BCUT2D eigenvalue weighted by atomic mass is 10.1. The van der Waals surface area contributed by atoms with Gasteiger partial charge < -0.3 is 13.9 Å². The van der Waals surface area contributed by atoms with Crippen LogP contribution in [0.25, 0.3) is 11.0 Å². The van der Waals surface area contributed by atoms with Crippen molar-refractivity contribution in [3.63, 3.8) is 0 Å². The summed E-state index contributed by atoms with van der Waals surface area (Å²) in [6, 6.07) is 8.79. The molecule has 1 aromatic heterocycles. The van der Waals surface area contributed by atoms with Crippen molar-refractivity contribution in [2.24, 2.45) is 0 Å². The van der Waals surface area contributed by atoms with E-state index >= 15 is 0 Å². The summed E-state index contributed by atoms with van der Waals surface area (Å²) in [5.41, 5.74) is 0.218. The lowest BCUT2D eigenvalue weighted by Crippen LogP contribution is -2.05. The molecule has 0 N–H and O–H groups in total. The summed E-state index contributed by atoms with van der Waals surface area (Å²) in [4.78, 5) is 23.1. The molecule has 35 heavy (non-hydrogen) atoms. The molecule has 0 aliphatic rings. The molecule has 5 nitrogen and oxygen atoms in total. The first kappa shape index (κ1) is 29.4. The van der Waals surface area contributed by atoms with Gasteiger partial charge in [0.1, 0.15) is 11.3 Å². The Morgan fingerprint density at radius 1 is 0.714 bits per heavy atom. The van der Waals surface area contributed by atoms with E-state index in [1.165, 1.54) is 63.9 Å². The largest absolute Gasteiger partial charge is 0.493 e. The van der Waals surface area contributed by atoms with Crippen LogP contribution >= 0.6 is 15.9 Å². The number of halogens is 1. The van der Waals surface area contributed by atoms with Crippen LogP contribution in [0, 0.1) is 0 Å². The molecule has 0 atom stereocenters. The fraction of sp³-hybridized carbons (Fsp3) is 0.655. The minimum atomic E-state index is -0.344. The first-order valence-electron chi connectivity index (χ1n) is 13.6. The van der Waals surface area contributed by atoms with Gasteiger partial charge in [0.2, 0.25) is 0 Å². The van der Waals surface area contributed by atoms with Crippen LogP contribution in [-0.4, -0.2) is 24.5 Å². The Hall–Kier alpha value is -1.82. The Labute approximate surface area is 219 Å². The second kappa shape index (κ2) is 19.4. The minimum Gasteiger partial charge on any atom is -0.493 e. The molecule has 0 spiro atoms. The van der Waals surface area contributed by atoms with Crippen molar-refractivity contribution in [2.75, 3.05) is 18.5 Å². The number of ether oxygens (including phenoxy) is 2. The summed E-state index contributed by atoms with van der Waals surface area (Å²) < 4.78 is 16.4. The van der Waals surface area contributed by atoms with Crippen LogP contribution < -0.4 is 10.4 Å². The monoisotopic (exact) mass is 550 g/mol. The van der Waals surface area contributed by atoms with Gasteiger partial charge in [-0.1, -0.05) is 86.6 Å². The number of rotatable bonds is 21. The molecule has 2 aromatic rings. The van der Waals surface area contributed by atoms with Gasteiger partial charge in [-0.25, -0.2) is 4.79 Å². The quantitative estimate of drug-likeness (QED) is 0.0675. The van der Waals surface area contributed by atoms with Gasteiger partial charge in [-0.3, -0.25) is 4.79 Å². The maximum atomic E-state index is 11.8. The molecule has 0 aliphatic heterocycles. The van der Waals surface area contributed by atoms with Gasteiger partial charge >= 0.3 is 11.6 Å². The summed E-state index contributed by atoms with van der Waals surface area (Å²) in [7, 11) is 0. The topological polar surface area (TPSA) is 65.7 Å². The van der Waals surface area contributed by atoms with E-state index in [4.69, 9.17) is 13.9 Å². The van der Waals surface area contributed by atoms with Crippen molar-refractivity contribution in [1.29, 1.82) is 0 Å². The van der Waals surface area contributed by atoms with Crippen LogP contribution in [0.5, 0.6) is 5.75 Å². The van der Waals surface area contributed by atoms with Gasteiger partial charge in [0.15, 0.2) is 0 Å². The highest BCUT2D eigenvalue weighted by Crippen LogP contribution is 2.20. The number of carbonyl (C=O) groups excluding carboxylic acids is 1. The van der Waals surface area contributed by atoms with Gasteiger partial charge in [-0.2, -0.15) is 0 Å². The molecule has 0 aliphatic carbocycles. The average molecular weight is 552 g/mol. The van der Waals surface area contributed by atoms with Crippen molar-refractivity contribution in [3.8, 4) is 5.75 Å². The molecule has 0 saturated carbocycles. The predicted octanol–water partition coefficient (Wildman–Crippen LogP) is 8.35. The Bertz CT molecular complexity index is 879. The van der Waals surface area contributed by atoms with Gasteiger partial charge in [-0.15, -0.1) is 0 Å². The second-order valence-corrected chi connectivity index (χ2v) is 10.1. The summed E-state index contributed by atoms with van der Waals surface area (Å²) in [5.74, 6) is 0.712. The van der Waals surface area contributed by atoms with Gasteiger partial charge in [-0.05, 0) is 43.9 Å². The number of benzene rings is 1. The number of esters is 1. The molecule has 2 rings (SSSR count). The van der Waals surface area contributed by atoms with Crippen molar-refractivity contribution in [2.45, 2.75) is 103 Å². The molecular weight excluding hydrogens is 508 g/mol. The lowest BCUT2D eigenvalue weighted by molar-refractivity contribution is -0.143. The molecule has 0 bridgehead atoms. The molecule has 1 heterocycles. The van der Waals surface area contributed by atoms with E-state index in [-0.39, 0.29) is 11.6 Å². The number of hydrogen-bond donors (Lipinski definition) is 0. The van der Waals surface area contributed by atoms with Gasteiger partial charge in [0.25, 0.3) is 0 Å². The van der Waals surface area contributed by atoms with E-state index in [1.54, 1.807) is 12.1 Å². The number of unbranched alkanes of at least 4 members (excludes halogenated alkanes) is 13. The SMILES string of the molecule is O=C(CCCCCCCCCBr)OCCCCCCCCCCOc1ccc2ccc(=O)oc2c1. The molecular formula is C29H43BrO5. The zero-order valence-corrected chi connectivity index (χ0v) is 22.8. The Morgan fingerprint density at radius 2 is 1.29 bits per heavy atom. The number of carbonyl (C=O) groups is 1. The summed E-state index contributed by atoms with van der Waals surface area (Å²) in [6.45, 7) is 1.24. The average Bonchev–Trinajstić information content (AvgIpc) is 2.86. The molecule has 0 amide bonds. The van der Waals surface area contributed by atoms with Crippen LogP contribution in [0.4, 0.5) is 0 Å². The summed E-state index contributed by atoms with van der Waals surface area (Å²) in [5, 5.41) is 2.00. The molecule has 0 fully saturated rings. The molecule has 0 radical (unpaired) electrons. The van der Waals surface area contributed by atoms with Crippen LogP contribution in [0.3, 0.4) is 0 Å². The normalized spacial score (nSPS) is 11.1. The van der Waals surface area contributed by atoms with Gasteiger partial charge in [0, 0.05) is 29.3 Å². The van der Waals surface area contributed by atoms with Gasteiger partial charge in [0.05, 0.1) is 13.2 Å². The van der Waals surface area contributed by atoms with Crippen LogP contribution in [0.1, 0.15) is 103 Å². The third kappa shape index (κ3) is 14.4. The minimum absolute atomic E-state index is 0.0280. The third-order valence-electron chi connectivity index (χ3n) is 6.18. The van der Waals surface area contributed by atoms with E-state index in [9.17, 15) is 9.59 Å². The number of fused-ring (bicyclic) bond motifs is 1. The molecule has 196 valence electrons. The van der Waals surface area contributed by atoms with E-state index in [0.29, 0.717) is 25.2 Å². The van der Waals surface area contributed by atoms with Crippen LogP contribution in [-0.2, 0) is 9.53 Å². The maximum absolute atomic E-state index is 11.8. The van der Waals surface area contributed by atoms with Crippen molar-refractivity contribution < 1.29 is 18.7 Å². The van der Waals surface area contributed by atoms with E-state index in [1.807, 2.05) is 12.1 Å². The Balaban J connectivity index is 1.33. The van der Waals surface area contributed by atoms with E-state index in [0.717, 1.165) is 55.0 Å². The first-order chi connectivity index (χ1) is 17.2. The number of hydrogen-bond acceptors (Lipinski definition) is 5. The summed E-state index contributed by atoms with van der Waals surface area (Å²) >= 11 is 3.46. The van der Waals surface area contributed by atoms with E-state index in [2.05, 4.69) is 15.9 Å². The highest BCUT2D eigenvalue weighted by atomic mass is 79.9.